The van der Waals surface area contributed by atoms with Gasteiger partial charge in [-0.05, 0) is 29.2 Å². The first kappa shape index (κ1) is 11.0. The minimum Gasteiger partial charge on any atom is -0.384 e. The van der Waals surface area contributed by atoms with Crippen molar-refractivity contribution in [3.63, 3.8) is 0 Å². The molecule has 1 fully saturated rings. The van der Waals surface area contributed by atoms with E-state index in [0.29, 0.717) is 5.92 Å². The second kappa shape index (κ2) is 4.18. The van der Waals surface area contributed by atoms with Crippen LogP contribution in [0.3, 0.4) is 0 Å². The third kappa shape index (κ3) is 1.93. The summed E-state index contributed by atoms with van der Waals surface area (Å²) in [4.78, 5) is 0. The Bertz CT molecular complexity index is 333. The topological polar surface area (TPSA) is 20.2 Å². The highest BCUT2D eigenvalue weighted by Gasteiger charge is 2.40. The highest BCUT2D eigenvalue weighted by atomic mass is 32.2. The Morgan fingerprint density at radius 3 is 2.53 bits per heavy atom. The molecule has 1 nitrogen and oxygen atoms in total. The number of hydrogen-bond donors (Lipinski definition) is 1. The standard InChI is InChI=1S/C13H18OS/c1-3-11-4-6-12(7-5-11)13(14)9-15-8-10(13)2/h4-7,10,14H,3,8-9H2,1-2H3. The van der Waals surface area contributed by atoms with E-state index < -0.39 is 5.60 Å². The molecule has 15 heavy (non-hydrogen) atoms. The molecule has 0 spiro atoms. The molecule has 1 aromatic carbocycles. The van der Waals surface area contributed by atoms with Gasteiger partial charge in [0.2, 0.25) is 0 Å². The van der Waals surface area contributed by atoms with Crippen molar-refractivity contribution in [2.24, 2.45) is 5.92 Å². The lowest BCUT2D eigenvalue weighted by atomic mass is 9.85. The van der Waals surface area contributed by atoms with E-state index >= 15 is 0 Å². The molecule has 0 amide bonds. The number of hydrogen-bond acceptors (Lipinski definition) is 2. The van der Waals surface area contributed by atoms with Gasteiger partial charge in [0.05, 0.1) is 0 Å². The first-order valence-corrected chi connectivity index (χ1v) is 6.72. The Morgan fingerprint density at radius 2 is 2.07 bits per heavy atom. The van der Waals surface area contributed by atoms with E-state index in [1.54, 1.807) is 0 Å². The maximum Gasteiger partial charge on any atom is 0.102 e. The molecule has 2 rings (SSSR count). The number of rotatable bonds is 2. The zero-order chi connectivity index (χ0) is 10.9. The van der Waals surface area contributed by atoms with Gasteiger partial charge >= 0.3 is 0 Å². The molecule has 1 N–H and O–H groups in total. The zero-order valence-corrected chi connectivity index (χ0v) is 10.2. The van der Waals surface area contributed by atoms with Crippen LogP contribution >= 0.6 is 11.8 Å². The normalized spacial score (nSPS) is 30.7. The average molecular weight is 222 g/mol. The van der Waals surface area contributed by atoms with E-state index in [9.17, 15) is 5.11 Å². The third-order valence-corrected chi connectivity index (χ3v) is 4.75. The van der Waals surface area contributed by atoms with Crippen molar-refractivity contribution >= 4 is 11.8 Å². The molecule has 0 radical (unpaired) electrons. The van der Waals surface area contributed by atoms with Crippen LogP contribution in [-0.4, -0.2) is 16.6 Å². The zero-order valence-electron chi connectivity index (χ0n) is 9.36. The second-order valence-electron chi connectivity index (χ2n) is 4.39. The number of benzene rings is 1. The van der Waals surface area contributed by atoms with Crippen LogP contribution in [0.25, 0.3) is 0 Å². The second-order valence-corrected chi connectivity index (χ2v) is 5.42. The Hall–Kier alpha value is -0.470. The van der Waals surface area contributed by atoms with Gasteiger partial charge < -0.3 is 5.11 Å². The van der Waals surface area contributed by atoms with Crippen molar-refractivity contribution in [1.82, 2.24) is 0 Å². The molecular weight excluding hydrogens is 204 g/mol. The summed E-state index contributed by atoms with van der Waals surface area (Å²) in [6, 6.07) is 8.43. The smallest absolute Gasteiger partial charge is 0.102 e. The lowest BCUT2D eigenvalue weighted by molar-refractivity contribution is 0.0234. The van der Waals surface area contributed by atoms with Crippen molar-refractivity contribution in [3.8, 4) is 0 Å². The molecule has 1 aromatic rings. The molecular formula is C13H18OS. The number of aryl methyl sites for hydroxylation is 1. The average Bonchev–Trinajstić information content (AvgIpc) is 2.61. The van der Waals surface area contributed by atoms with Gasteiger partial charge in [-0.25, -0.2) is 0 Å². The molecule has 0 bridgehead atoms. The largest absolute Gasteiger partial charge is 0.384 e. The summed E-state index contributed by atoms with van der Waals surface area (Å²) in [5.74, 6) is 2.25. The predicted octanol–water partition coefficient (Wildman–Crippen LogP) is 2.82. The van der Waals surface area contributed by atoms with Crippen LogP contribution in [0.2, 0.25) is 0 Å². The highest BCUT2D eigenvalue weighted by Crippen LogP contribution is 2.41. The lowest BCUT2D eigenvalue weighted by Gasteiger charge is -2.27. The number of aliphatic hydroxyl groups is 1. The maximum atomic E-state index is 10.6. The van der Waals surface area contributed by atoms with E-state index in [-0.39, 0.29) is 0 Å². The third-order valence-electron chi connectivity index (χ3n) is 3.37. The minimum atomic E-state index is -0.600. The quantitative estimate of drug-likeness (QED) is 0.830. The van der Waals surface area contributed by atoms with Crippen molar-refractivity contribution in [2.75, 3.05) is 11.5 Å². The van der Waals surface area contributed by atoms with Crippen molar-refractivity contribution in [1.29, 1.82) is 0 Å². The molecule has 2 unspecified atom stereocenters. The van der Waals surface area contributed by atoms with Crippen LogP contribution in [0.4, 0.5) is 0 Å². The van der Waals surface area contributed by atoms with Gasteiger partial charge in [-0.3, -0.25) is 0 Å². The molecule has 1 aliphatic heterocycles. The summed E-state index contributed by atoms with van der Waals surface area (Å²) in [6.45, 7) is 4.28. The van der Waals surface area contributed by atoms with E-state index in [0.717, 1.165) is 23.5 Å². The Morgan fingerprint density at radius 1 is 1.40 bits per heavy atom. The van der Waals surface area contributed by atoms with Crippen molar-refractivity contribution in [2.45, 2.75) is 25.9 Å². The van der Waals surface area contributed by atoms with Crippen LogP contribution in [0.15, 0.2) is 24.3 Å². The summed E-state index contributed by atoms with van der Waals surface area (Å²) in [5.41, 5.74) is 1.81. The molecule has 82 valence electrons. The summed E-state index contributed by atoms with van der Waals surface area (Å²) in [5, 5.41) is 10.6. The van der Waals surface area contributed by atoms with Gasteiger partial charge in [0, 0.05) is 5.75 Å². The van der Waals surface area contributed by atoms with Crippen molar-refractivity contribution in [3.05, 3.63) is 35.4 Å². The molecule has 0 aromatic heterocycles. The fourth-order valence-corrected chi connectivity index (χ4v) is 3.58. The van der Waals surface area contributed by atoms with Gasteiger partial charge in [0.1, 0.15) is 5.60 Å². The molecule has 1 heterocycles. The Kier molecular flexibility index (Phi) is 3.08. The van der Waals surface area contributed by atoms with E-state index in [2.05, 4.69) is 38.1 Å². The Labute approximate surface area is 95.9 Å². The fraction of sp³-hybridized carbons (Fsp3) is 0.538. The van der Waals surface area contributed by atoms with Crippen LogP contribution in [0.1, 0.15) is 25.0 Å². The summed E-state index contributed by atoms with van der Waals surface area (Å²) >= 11 is 1.84. The van der Waals surface area contributed by atoms with Crippen LogP contribution in [0, 0.1) is 5.92 Å². The summed E-state index contributed by atoms with van der Waals surface area (Å²) in [6.07, 6.45) is 1.06. The van der Waals surface area contributed by atoms with Crippen LogP contribution in [-0.2, 0) is 12.0 Å². The monoisotopic (exact) mass is 222 g/mol. The summed E-state index contributed by atoms with van der Waals surface area (Å²) < 4.78 is 0. The molecule has 0 saturated carbocycles. The van der Waals surface area contributed by atoms with E-state index in [1.807, 2.05) is 11.8 Å². The lowest BCUT2D eigenvalue weighted by Crippen LogP contribution is -2.32. The Balaban J connectivity index is 2.28. The van der Waals surface area contributed by atoms with E-state index in [1.165, 1.54) is 5.56 Å². The first-order valence-electron chi connectivity index (χ1n) is 5.56. The molecule has 1 saturated heterocycles. The maximum absolute atomic E-state index is 10.6. The van der Waals surface area contributed by atoms with Crippen LogP contribution < -0.4 is 0 Å². The molecule has 1 aliphatic rings. The molecule has 2 atom stereocenters. The summed E-state index contributed by atoms with van der Waals surface area (Å²) in [7, 11) is 0. The van der Waals surface area contributed by atoms with E-state index in [4.69, 9.17) is 0 Å². The first-order chi connectivity index (χ1) is 7.16. The molecule has 0 aliphatic carbocycles. The predicted molar refractivity (Wildman–Crippen MR) is 66.2 cm³/mol. The van der Waals surface area contributed by atoms with Gasteiger partial charge in [-0.15, -0.1) is 0 Å². The van der Waals surface area contributed by atoms with Gasteiger partial charge in [-0.1, -0.05) is 38.1 Å². The van der Waals surface area contributed by atoms with Crippen LogP contribution in [0.5, 0.6) is 0 Å². The van der Waals surface area contributed by atoms with Gasteiger partial charge in [-0.2, -0.15) is 11.8 Å². The highest BCUT2D eigenvalue weighted by molar-refractivity contribution is 7.99. The van der Waals surface area contributed by atoms with Gasteiger partial charge in [0.25, 0.3) is 0 Å². The van der Waals surface area contributed by atoms with Crippen molar-refractivity contribution < 1.29 is 5.11 Å². The fourth-order valence-electron chi connectivity index (χ4n) is 2.07. The van der Waals surface area contributed by atoms with Gasteiger partial charge in [0.15, 0.2) is 0 Å². The number of thioether (sulfide) groups is 1. The SMILES string of the molecule is CCc1ccc(C2(O)CSCC2C)cc1. The minimum absolute atomic E-state index is 0.356. The molecule has 2 heteroatoms.